The van der Waals surface area contributed by atoms with Gasteiger partial charge in [0.05, 0.1) is 0 Å². The maximum Gasteiger partial charge on any atom is 0.540 e. The molecule has 0 bridgehead atoms. The molecule has 2 atom stereocenters. The number of rotatable bonds is 4. The molecule has 5 heteroatoms. The van der Waals surface area contributed by atoms with Gasteiger partial charge in [-0.15, -0.1) is 4.52 Å². The van der Waals surface area contributed by atoms with Gasteiger partial charge in [0.25, 0.3) is 5.85 Å². The number of hydrogen-bond acceptors (Lipinski definition) is 3. The van der Waals surface area contributed by atoms with Gasteiger partial charge >= 0.3 is 8.03 Å². The highest BCUT2D eigenvalue weighted by atomic mass is 31.1. The molecule has 0 aliphatic heterocycles. The van der Waals surface area contributed by atoms with Crippen molar-refractivity contribution in [2.24, 2.45) is 0 Å². The SMILES string of the molecule is CC(O)[P+](=O)OCc1cccc(F)c1. The lowest BCUT2D eigenvalue weighted by atomic mass is 10.2. The molecule has 0 saturated carbocycles. The standard InChI is InChI=1S/C9H11FO3P/c1-7(11)14(12)13-6-8-3-2-4-9(10)5-8/h2-5,7,11H,6H2,1H3/q+1. The first kappa shape index (κ1) is 11.2. The molecule has 1 aromatic carbocycles. The van der Waals surface area contributed by atoms with Gasteiger partial charge in [0.15, 0.2) is 0 Å². The molecule has 2 unspecified atom stereocenters. The number of hydrogen-bond donors (Lipinski definition) is 1. The van der Waals surface area contributed by atoms with Crippen molar-refractivity contribution in [3.8, 4) is 0 Å². The minimum Gasteiger partial charge on any atom is -0.349 e. The van der Waals surface area contributed by atoms with E-state index in [2.05, 4.69) is 0 Å². The Morgan fingerprint density at radius 3 is 2.93 bits per heavy atom. The van der Waals surface area contributed by atoms with Gasteiger partial charge in [-0.2, -0.15) is 0 Å². The van der Waals surface area contributed by atoms with Gasteiger partial charge in [0.1, 0.15) is 12.4 Å². The largest absolute Gasteiger partial charge is 0.540 e. The van der Waals surface area contributed by atoms with Crippen molar-refractivity contribution in [3.63, 3.8) is 0 Å². The summed E-state index contributed by atoms with van der Waals surface area (Å²) in [5.74, 6) is -1.36. The first-order valence-corrected chi connectivity index (χ1v) is 5.36. The molecule has 14 heavy (non-hydrogen) atoms. The van der Waals surface area contributed by atoms with E-state index >= 15 is 0 Å². The second kappa shape index (κ2) is 5.15. The molecule has 0 aliphatic rings. The van der Waals surface area contributed by atoms with E-state index in [-0.39, 0.29) is 12.4 Å². The third-order valence-corrected chi connectivity index (χ3v) is 2.55. The second-order valence-corrected chi connectivity index (χ2v) is 4.40. The summed E-state index contributed by atoms with van der Waals surface area (Å²) in [7, 11) is -2.09. The molecular formula is C9H11FO3P+. The Balaban J connectivity index is 2.50. The van der Waals surface area contributed by atoms with Crippen molar-refractivity contribution >= 4 is 8.03 Å². The molecule has 1 rings (SSSR count). The van der Waals surface area contributed by atoms with E-state index in [1.54, 1.807) is 12.1 Å². The van der Waals surface area contributed by atoms with E-state index in [9.17, 15) is 8.96 Å². The van der Waals surface area contributed by atoms with Crippen molar-refractivity contribution in [1.82, 2.24) is 0 Å². The lowest BCUT2D eigenvalue weighted by Gasteiger charge is -1.96. The minimum absolute atomic E-state index is 0.0395. The van der Waals surface area contributed by atoms with Crippen LogP contribution in [0.4, 0.5) is 4.39 Å². The highest BCUT2D eigenvalue weighted by molar-refractivity contribution is 7.39. The fourth-order valence-corrected chi connectivity index (χ4v) is 1.36. The summed E-state index contributed by atoms with van der Waals surface area (Å²) in [5, 5.41) is 8.87. The molecule has 0 heterocycles. The predicted octanol–water partition coefficient (Wildman–Crippen LogP) is 2.42. The molecule has 0 amide bonds. The van der Waals surface area contributed by atoms with E-state index in [0.29, 0.717) is 5.56 Å². The van der Waals surface area contributed by atoms with Crippen LogP contribution < -0.4 is 0 Å². The zero-order chi connectivity index (χ0) is 10.6. The molecule has 0 saturated heterocycles. The highest BCUT2D eigenvalue weighted by Gasteiger charge is 2.25. The summed E-state index contributed by atoms with van der Waals surface area (Å²) >= 11 is 0. The van der Waals surface area contributed by atoms with E-state index in [4.69, 9.17) is 9.63 Å². The molecule has 0 aromatic heterocycles. The van der Waals surface area contributed by atoms with Gasteiger partial charge in [-0.25, -0.2) is 4.39 Å². The lowest BCUT2D eigenvalue weighted by molar-refractivity contribution is 0.228. The summed E-state index contributed by atoms with van der Waals surface area (Å²) < 4.78 is 28.5. The third kappa shape index (κ3) is 3.50. The molecule has 76 valence electrons. The van der Waals surface area contributed by atoms with Crippen LogP contribution >= 0.6 is 8.03 Å². The zero-order valence-electron chi connectivity index (χ0n) is 7.68. The second-order valence-electron chi connectivity index (χ2n) is 2.82. The Morgan fingerprint density at radius 1 is 1.64 bits per heavy atom. The van der Waals surface area contributed by atoms with Crippen molar-refractivity contribution in [3.05, 3.63) is 35.6 Å². The maximum absolute atomic E-state index is 12.7. The molecule has 1 aromatic rings. The summed E-state index contributed by atoms with van der Waals surface area (Å²) in [5.41, 5.74) is 0.592. The van der Waals surface area contributed by atoms with Gasteiger partial charge in [-0.3, -0.25) is 0 Å². The smallest absolute Gasteiger partial charge is 0.349 e. The summed E-state index contributed by atoms with van der Waals surface area (Å²) in [6, 6.07) is 5.82. The van der Waals surface area contributed by atoms with Crippen LogP contribution in [-0.2, 0) is 15.7 Å². The van der Waals surface area contributed by atoms with Crippen LogP contribution in [0.5, 0.6) is 0 Å². The first-order chi connectivity index (χ1) is 6.59. The normalized spacial score (nSPS) is 13.8. The average Bonchev–Trinajstić information content (AvgIpc) is 2.14. The highest BCUT2D eigenvalue weighted by Crippen LogP contribution is 2.28. The minimum atomic E-state index is -2.09. The quantitative estimate of drug-likeness (QED) is 0.788. The van der Waals surface area contributed by atoms with Gasteiger partial charge in [-0.1, -0.05) is 12.1 Å². The van der Waals surface area contributed by atoms with Crippen LogP contribution in [0.25, 0.3) is 0 Å². The molecule has 0 aliphatic carbocycles. The van der Waals surface area contributed by atoms with E-state index < -0.39 is 13.9 Å². The average molecular weight is 217 g/mol. The molecule has 0 radical (unpaired) electrons. The Bertz CT molecular complexity index is 328. The summed E-state index contributed by atoms with van der Waals surface area (Å²) in [6.45, 7) is 1.42. The van der Waals surface area contributed by atoms with E-state index in [0.717, 1.165) is 0 Å². The molecular weight excluding hydrogens is 206 g/mol. The topological polar surface area (TPSA) is 46.5 Å². The molecule has 0 spiro atoms. The molecule has 0 fully saturated rings. The number of benzene rings is 1. The van der Waals surface area contributed by atoms with Crippen LogP contribution in [0.1, 0.15) is 12.5 Å². The van der Waals surface area contributed by atoms with Gasteiger partial charge < -0.3 is 5.11 Å². The van der Waals surface area contributed by atoms with Crippen LogP contribution in [0, 0.1) is 5.82 Å². The first-order valence-electron chi connectivity index (χ1n) is 4.11. The zero-order valence-corrected chi connectivity index (χ0v) is 8.58. The summed E-state index contributed by atoms with van der Waals surface area (Å²) in [4.78, 5) is 0. The monoisotopic (exact) mass is 217 g/mol. The maximum atomic E-state index is 12.7. The van der Waals surface area contributed by atoms with Gasteiger partial charge in [0.2, 0.25) is 0 Å². The Hall–Kier alpha value is -0.830. The number of halogens is 1. The van der Waals surface area contributed by atoms with Crippen LogP contribution in [-0.4, -0.2) is 11.0 Å². The van der Waals surface area contributed by atoms with Crippen LogP contribution in [0.2, 0.25) is 0 Å². The number of aliphatic hydroxyl groups is 1. The van der Waals surface area contributed by atoms with Crippen molar-refractivity contribution in [2.75, 3.05) is 0 Å². The fourth-order valence-electron chi connectivity index (χ4n) is 0.873. The molecule has 1 N–H and O–H groups in total. The summed E-state index contributed by atoms with van der Waals surface area (Å²) in [6.07, 6.45) is 0. The predicted molar refractivity (Wildman–Crippen MR) is 50.5 cm³/mol. The van der Waals surface area contributed by atoms with Crippen molar-refractivity contribution in [2.45, 2.75) is 19.4 Å². The van der Waals surface area contributed by atoms with Crippen molar-refractivity contribution < 1.29 is 18.6 Å². The Morgan fingerprint density at radius 2 is 2.36 bits per heavy atom. The van der Waals surface area contributed by atoms with E-state index in [1.807, 2.05) is 0 Å². The van der Waals surface area contributed by atoms with E-state index in [1.165, 1.54) is 19.1 Å². The van der Waals surface area contributed by atoms with Crippen LogP contribution in [0.15, 0.2) is 24.3 Å². The van der Waals surface area contributed by atoms with Gasteiger partial charge in [0, 0.05) is 6.92 Å². The Labute approximate surface area is 82.4 Å². The van der Waals surface area contributed by atoms with Crippen molar-refractivity contribution in [1.29, 1.82) is 0 Å². The molecule has 3 nitrogen and oxygen atoms in total. The van der Waals surface area contributed by atoms with Crippen LogP contribution in [0.3, 0.4) is 0 Å². The Kier molecular flexibility index (Phi) is 4.14. The lowest BCUT2D eigenvalue weighted by Crippen LogP contribution is -1.95. The number of aliphatic hydroxyl groups excluding tert-OH is 1. The van der Waals surface area contributed by atoms with Gasteiger partial charge in [-0.05, 0) is 22.3 Å². The third-order valence-electron chi connectivity index (χ3n) is 1.55. The fraction of sp³-hybridized carbons (Fsp3) is 0.333.